The van der Waals surface area contributed by atoms with Crippen LogP contribution in [0.1, 0.15) is 20.7 Å². The number of benzene rings is 2. The van der Waals surface area contributed by atoms with Crippen molar-refractivity contribution in [3.05, 3.63) is 65.9 Å². The van der Waals surface area contributed by atoms with Crippen LogP contribution in [0, 0.1) is 0 Å². The van der Waals surface area contributed by atoms with Crippen molar-refractivity contribution in [3.63, 3.8) is 0 Å². The van der Waals surface area contributed by atoms with Crippen LogP contribution in [0.5, 0.6) is 0 Å². The zero-order chi connectivity index (χ0) is 13.9. The van der Waals surface area contributed by atoms with Crippen LogP contribution in [-0.4, -0.2) is 17.2 Å². The molecule has 0 aliphatic carbocycles. The summed E-state index contributed by atoms with van der Waals surface area (Å²) in [5.41, 5.74) is 2.76. The molecule has 20 heavy (non-hydrogen) atoms. The minimum absolute atomic E-state index is 0.201. The summed E-state index contributed by atoms with van der Waals surface area (Å²) in [5.74, 6) is -0.201. The summed E-state index contributed by atoms with van der Waals surface area (Å²) >= 11 is 0. The molecule has 0 saturated carbocycles. The predicted molar refractivity (Wildman–Crippen MR) is 78.1 cm³/mol. The van der Waals surface area contributed by atoms with Gasteiger partial charge in [0.25, 0.3) is 5.91 Å². The second-order valence-electron chi connectivity index (χ2n) is 4.47. The maximum Gasteiger partial charge on any atom is 0.255 e. The summed E-state index contributed by atoms with van der Waals surface area (Å²) in [7, 11) is 0. The van der Waals surface area contributed by atoms with E-state index in [1.165, 1.54) is 0 Å². The first-order chi connectivity index (χ1) is 9.76. The maximum absolute atomic E-state index is 12.1. The van der Waals surface area contributed by atoms with Gasteiger partial charge in [-0.3, -0.25) is 9.59 Å². The molecule has 3 rings (SSSR count). The molecule has 1 amide bonds. The Morgan fingerprint density at radius 3 is 2.60 bits per heavy atom. The molecule has 98 valence electrons. The van der Waals surface area contributed by atoms with Crippen LogP contribution in [0.25, 0.3) is 10.9 Å². The standard InChI is InChI=1S/C16H12N2O2/c19-10-11-1-3-13(4-2-11)16(20)18-14-6-5-12-7-8-17-15(12)9-14/h1-10,17H,(H,18,20). The molecule has 0 atom stereocenters. The molecular weight excluding hydrogens is 252 g/mol. The van der Waals surface area contributed by atoms with E-state index in [1.54, 1.807) is 24.3 Å². The molecule has 0 bridgehead atoms. The molecule has 0 aliphatic rings. The van der Waals surface area contributed by atoms with E-state index in [1.807, 2.05) is 30.5 Å². The lowest BCUT2D eigenvalue weighted by Gasteiger charge is -2.05. The number of carbonyl (C=O) groups excluding carboxylic acids is 2. The van der Waals surface area contributed by atoms with Gasteiger partial charge >= 0.3 is 0 Å². The summed E-state index contributed by atoms with van der Waals surface area (Å²) in [4.78, 5) is 25.7. The molecule has 0 saturated heterocycles. The van der Waals surface area contributed by atoms with Gasteiger partial charge in [-0.25, -0.2) is 0 Å². The Morgan fingerprint density at radius 1 is 1.05 bits per heavy atom. The van der Waals surface area contributed by atoms with E-state index in [9.17, 15) is 9.59 Å². The van der Waals surface area contributed by atoms with Crippen molar-refractivity contribution >= 4 is 28.8 Å². The van der Waals surface area contributed by atoms with E-state index in [4.69, 9.17) is 0 Å². The minimum Gasteiger partial charge on any atom is -0.361 e. The van der Waals surface area contributed by atoms with Crippen molar-refractivity contribution in [1.82, 2.24) is 4.98 Å². The van der Waals surface area contributed by atoms with Gasteiger partial charge in [-0.1, -0.05) is 18.2 Å². The summed E-state index contributed by atoms with van der Waals surface area (Å²) in [6, 6.07) is 14.2. The first kappa shape index (κ1) is 12.2. The zero-order valence-electron chi connectivity index (χ0n) is 10.6. The van der Waals surface area contributed by atoms with Gasteiger partial charge in [0.1, 0.15) is 6.29 Å². The number of aromatic amines is 1. The van der Waals surface area contributed by atoms with Gasteiger partial charge in [-0.2, -0.15) is 0 Å². The van der Waals surface area contributed by atoms with E-state index >= 15 is 0 Å². The fourth-order valence-electron chi connectivity index (χ4n) is 2.04. The third-order valence-corrected chi connectivity index (χ3v) is 3.12. The van der Waals surface area contributed by atoms with Crippen LogP contribution < -0.4 is 5.32 Å². The highest BCUT2D eigenvalue weighted by Crippen LogP contribution is 2.18. The molecule has 0 spiro atoms. The van der Waals surface area contributed by atoms with Crippen molar-refractivity contribution in [3.8, 4) is 0 Å². The van der Waals surface area contributed by atoms with Crippen LogP contribution >= 0.6 is 0 Å². The summed E-state index contributed by atoms with van der Waals surface area (Å²) in [6.45, 7) is 0. The van der Waals surface area contributed by atoms with Crippen LogP contribution in [0.3, 0.4) is 0 Å². The molecule has 0 fully saturated rings. The van der Waals surface area contributed by atoms with Crippen molar-refractivity contribution in [2.45, 2.75) is 0 Å². The van der Waals surface area contributed by atoms with Crippen molar-refractivity contribution in [2.24, 2.45) is 0 Å². The molecular formula is C16H12N2O2. The number of hydrogen-bond acceptors (Lipinski definition) is 2. The largest absolute Gasteiger partial charge is 0.361 e. The van der Waals surface area contributed by atoms with Gasteiger partial charge in [0.05, 0.1) is 0 Å². The third kappa shape index (κ3) is 2.31. The number of carbonyl (C=O) groups is 2. The lowest BCUT2D eigenvalue weighted by atomic mass is 10.1. The molecule has 0 radical (unpaired) electrons. The number of fused-ring (bicyclic) bond motifs is 1. The summed E-state index contributed by atoms with van der Waals surface area (Å²) in [6.07, 6.45) is 2.61. The van der Waals surface area contributed by atoms with Gasteiger partial charge < -0.3 is 10.3 Å². The molecule has 1 heterocycles. The highest BCUT2D eigenvalue weighted by Gasteiger charge is 2.06. The SMILES string of the molecule is O=Cc1ccc(C(=O)Nc2ccc3cc[nH]c3c2)cc1. The predicted octanol–water partition coefficient (Wildman–Crippen LogP) is 3.23. The van der Waals surface area contributed by atoms with Crippen LogP contribution in [0.15, 0.2) is 54.7 Å². The lowest BCUT2D eigenvalue weighted by Crippen LogP contribution is -2.11. The maximum atomic E-state index is 12.1. The molecule has 4 nitrogen and oxygen atoms in total. The Morgan fingerprint density at radius 2 is 1.85 bits per heavy atom. The Labute approximate surface area is 115 Å². The van der Waals surface area contributed by atoms with Crippen molar-refractivity contribution < 1.29 is 9.59 Å². The highest BCUT2D eigenvalue weighted by molar-refractivity contribution is 6.05. The number of aldehydes is 1. The number of hydrogen-bond donors (Lipinski definition) is 2. The number of rotatable bonds is 3. The topological polar surface area (TPSA) is 62.0 Å². The fraction of sp³-hybridized carbons (Fsp3) is 0. The minimum atomic E-state index is -0.201. The number of anilines is 1. The van der Waals surface area contributed by atoms with Crippen LogP contribution in [0.4, 0.5) is 5.69 Å². The number of aromatic nitrogens is 1. The summed E-state index contributed by atoms with van der Waals surface area (Å²) in [5, 5.41) is 3.93. The Kier molecular flexibility index (Phi) is 3.05. The number of amides is 1. The molecule has 2 N–H and O–H groups in total. The van der Waals surface area contributed by atoms with Crippen LogP contribution in [0.2, 0.25) is 0 Å². The molecule has 1 aromatic heterocycles. The number of H-pyrrole nitrogens is 1. The molecule has 0 aliphatic heterocycles. The molecule has 4 heteroatoms. The Bertz CT molecular complexity index is 773. The quantitative estimate of drug-likeness (QED) is 0.713. The average Bonchev–Trinajstić information content (AvgIpc) is 2.95. The second kappa shape index (κ2) is 5.01. The Balaban J connectivity index is 1.81. The zero-order valence-corrected chi connectivity index (χ0v) is 10.6. The van der Waals surface area contributed by atoms with Crippen molar-refractivity contribution in [2.75, 3.05) is 5.32 Å². The van der Waals surface area contributed by atoms with Gasteiger partial charge in [-0.05, 0) is 35.7 Å². The van der Waals surface area contributed by atoms with Gasteiger partial charge in [0, 0.05) is 28.5 Å². The Hall–Kier alpha value is -2.88. The van der Waals surface area contributed by atoms with E-state index in [0.29, 0.717) is 11.1 Å². The lowest BCUT2D eigenvalue weighted by molar-refractivity contribution is 0.102. The smallest absolute Gasteiger partial charge is 0.255 e. The monoisotopic (exact) mass is 264 g/mol. The normalized spacial score (nSPS) is 10.4. The molecule has 0 unspecified atom stereocenters. The van der Waals surface area contributed by atoms with E-state index in [2.05, 4.69) is 10.3 Å². The van der Waals surface area contributed by atoms with Crippen LogP contribution in [-0.2, 0) is 0 Å². The molecule has 3 aromatic rings. The first-order valence-corrected chi connectivity index (χ1v) is 6.20. The van der Waals surface area contributed by atoms with E-state index in [0.717, 1.165) is 22.9 Å². The van der Waals surface area contributed by atoms with E-state index in [-0.39, 0.29) is 5.91 Å². The third-order valence-electron chi connectivity index (χ3n) is 3.12. The van der Waals surface area contributed by atoms with Gasteiger partial charge in [0.2, 0.25) is 0 Å². The first-order valence-electron chi connectivity index (χ1n) is 6.20. The van der Waals surface area contributed by atoms with Crippen molar-refractivity contribution in [1.29, 1.82) is 0 Å². The second-order valence-corrected chi connectivity index (χ2v) is 4.47. The number of nitrogens with one attached hydrogen (secondary N) is 2. The fourth-order valence-corrected chi connectivity index (χ4v) is 2.04. The molecule has 2 aromatic carbocycles. The van der Waals surface area contributed by atoms with Gasteiger partial charge in [0.15, 0.2) is 0 Å². The summed E-state index contributed by atoms with van der Waals surface area (Å²) < 4.78 is 0. The average molecular weight is 264 g/mol. The van der Waals surface area contributed by atoms with Gasteiger partial charge in [-0.15, -0.1) is 0 Å². The highest BCUT2D eigenvalue weighted by atomic mass is 16.1. The van der Waals surface area contributed by atoms with E-state index < -0.39 is 0 Å².